The quantitative estimate of drug-likeness (QED) is 0.805. The Labute approximate surface area is 109 Å². The van der Waals surface area contributed by atoms with Crippen molar-refractivity contribution in [3.05, 3.63) is 11.4 Å². The lowest BCUT2D eigenvalue weighted by Gasteiger charge is -2.27. The minimum atomic E-state index is 0.0396. The topological polar surface area (TPSA) is 61.3 Å². The maximum absolute atomic E-state index is 9.26. The third-order valence-electron chi connectivity index (χ3n) is 3.09. The molecule has 1 unspecified atom stereocenters. The van der Waals surface area contributed by atoms with Gasteiger partial charge in [-0.3, -0.25) is 0 Å². The smallest absolute Gasteiger partial charge is 0.137 e. The van der Waals surface area contributed by atoms with Gasteiger partial charge in [-0.15, -0.1) is 0 Å². The number of nitrogens with zero attached hydrogens (tertiary/aromatic N) is 3. The van der Waals surface area contributed by atoms with E-state index < -0.39 is 0 Å². The number of aliphatic hydroxyl groups excluding tert-OH is 1. The van der Waals surface area contributed by atoms with Crippen LogP contribution in [0.2, 0.25) is 0 Å². The molecule has 1 rings (SSSR count). The van der Waals surface area contributed by atoms with Gasteiger partial charge in [-0.1, -0.05) is 6.92 Å². The number of hydrogen-bond acceptors (Lipinski definition) is 5. The van der Waals surface area contributed by atoms with E-state index in [0.717, 1.165) is 36.0 Å². The van der Waals surface area contributed by atoms with E-state index in [1.165, 1.54) is 0 Å². The maximum atomic E-state index is 9.26. The summed E-state index contributed by atoms with van der Waals surface area (Å²) in [5.74, 6) is 2.60. The van der Waals surface area contributed by atoms with Gasteiger partial charge >= 0.3 is 0 Å². The molecule has 1 aromatic heterocycles. The number of rotatable bonds is 6. The van der Waals surface area contributed by atoms with Crippen molar-refractivity contribution in [2.24, 2.45) is 0 Å². The highest BCUT2D eigenvalue weighted by atomic mass is 16.3. The molecule has 18 heavy (non-hydrogen) atoms. The predicted octanol–water partition coefficient (Wildman–Crippen LogP) is 1.60. The highest BCUT2D eigenvalue weighted by Gasteiger charge is 2.16. The van der Waals surface area contributed by atoms with Crippen molar-refractivity contribution in [2.75, 3.05) is 30.4 Å². The Kier molecular flexibility index (Phi) is 5.34. The van der Waals surface area contributed by atoms with Crippen LogP contribution in [0.1, 0.15) is 32.2 Å². The van der Waals surface area contributed by atoms with Crippen molar-refractivity contribution in [3.8, 4) is 0 Å². The molecule has 5 heteroatoms. The molecule has 0 saturated heterocycles. The molecule has 2 N–H and O–H groups in total. The molecule has 1 atom stereocenters. The third-order valence-corrected chi connectivity index (χ3v) is 3.09. The number of anilines is 2. The Bertz CT molecular complexity index is 395. The molecular formula is C13H24N4O. The number of aromatic nitrogens is 2. The van der Waals surface area contributed by atoms with Crippen LogP contribution in [-0.2, 0) is 6.42 Å². The molecule has 0 radical (unpaired) electrons. The van der Waals surface area contributed by atoms with E-state index in [0.29, 0.717) is 0 Å². The zero-order valence-electron chi connectivity index (χ0n) is 12.0. The fourth-order valence-corrected chi connectivity index (χ4v) is 1.72. The summed E-state index contributed by atoms with van der Waals surface area (Å²) in [6.07, 6.45) is 0.799. The Hall–Kier alpha value is -1.36. The minimum absolute atomic E-state index is 0.0396. The van der Waals surface area contributed by atoms with Crippen LogP contribution in [0.3, 0.4) is 0 Å². The fourth-order valence-electron chi connectivity index (χ4n) is 1.72. The molecule has 102 valence electrons. The van der Waals surface area contributed by atoms with Crippen LogP contribution in [0.25, 0.3) is 0 Å². The molecule has 0 spiro atoms. The first-order valence-electron chi connectivity index (χ1n) is 6.50. The first kappa shape index (κ1) is 14.7. The monoisotopic (exact) mass is 252 g/mol. The van der Waals surface area contributed by atoms with E-state index in [-0.39, 0.29) is 12.6 Å². The number of hydrogen-bond donors (Lipinski definition) is 2. The lowest BCUT2D eigenvalue weighted by molar-refractivity contribution is 0.269. The summed E-state index contributed by atoms with van der Waals surface area (Å²) in [5, 5.41) is 12.5. The normalized spacial score (nSPS) is 12.3. The number of aryl methyl sites for hydroxylation is 1. The molecule has 0 bridgehead atoms. The first-order valence-corrected chi connectivity index (χ1v) is 6.50. The number of aliphatic hydroxyl groups is 1. The van der Waals surface area contributed by atoms with Gasteiger partial charge in [-0.25, -0.2) is 9.97 Å². The molecule has 0 aromatic carbocycles. The van der Waals surface area contributed by atoms with Gasteiger partial charge in [-0.05, 0) is 20.8 Å². The van der Waals surface area contributed by atoms with Crippen molar-refractivity contribution in [1.82, 2.24) is 9.97 Å². The third kappa shape index (κ3) is 3.10. The van der Waals surface area contributed by atoms with Gasteiger partial charge in [0.1, 0.15) is 17.5 Å². The molecular weight excluding hydrogens is 228 g/mol. The molecule has 1 heterocycles. The summed E-state index contributed by atoms with van der Waals surface area (Å²) in [6, 6.07) is 0.0396. The van der Waals surface area contributed by atoms with Crippen LogP contribution >= 0.6 is 0 Å². The average molecular weight is 252 g/mol. The van der Waals surface area contributed by atoms with Gasteiger partial charge in [0.2, 0.25) is 0 Å². The summed E-state index contributed by atoms with van der Waals surface area (Å²) in [6.45, 7) is 9.01. The lowest BCUT2D eigenvalue weighted by atomic mass is 10.2. The molecule has 5 nitrogen and oxygen atoms in total. The first-order chi connectivity index (χ1) is 8.54. The Morgan fingerprint density at radius 2 is 2.00 bits per heavy atom. The van der Waals surface area contributed by atoms with Crippen molar-refractivity contribution in [2.45, 2.75) is 40.2 Å². The summed E-state index contributed by atoms with van der Waals surface area (Å²) >= 11 is 0. The minimum Gasteiger partial charge on any atom is -0.394 e. The highest BCUT2D eigenvalue weighted by molar-refractivity contribution is 5.58. The zero-order valence-corrected chi connectivity index (χ0v) is 12.0. The molecule has 0 saturated carbocycles. The Morgan fingerprint density at radius 1 is 1.33 bits per heavy atom. The second-order valence-electron chi connectivity index (χ2n) is 4.46. The van der Waals surface area contributed by atoms with Crippen molar-refractivity contribution in [1.29, 1.82) is 0 Å². The van der Waals surface area contributed by atoms with Gasteiger partial charge in [0.15, 0.2) is 0 Å². The standard InChI is InChI=1S/C13H24N4O/c1-6-11-15-12(14-7-2)10(4)13(16-11)17(5)9(3)8-18/h9,18H,6-8H2,1-5H3,(H,14,15,16). The van der Waals surface area contributed by atoms with E-state index in [4.69, 9.17) is 0 Å². The van der Waals surface area contributed by atoms with Crippen LogP contribution < -0.4 is 10.2 Å². The zero-order chi connectivity index (χ0) is 13.7. The van der Waals surface area contributed by atoms with Crippen molar-refractivity contribution < 1.29 is 5.11 Å². The van der Waals surface area contributed by atoms with E-state index in [1.54, 1.807) is 0 Å². The molecule has 0 aliphatic carbocycles. The summed E-state index contributed by atoms with van der Waals surface area (Å²) in [4.78, 5) is 11.1. The van der Waals surface area contributed by atoms with Crippen LogP contribution in [0.5, 0.6) is 0 Å². The summed E-state index contributed by atoms with van der Waals surface area (Å²) in [7, 11) is 1.95. The largest absolute Gasteiger partial charge is 0.394 e. The van der Waals surface area contributed by atoms with Crippen molar-refractivity contribution >= 4 is 11.6 Å². The molecule has 0 aliphatic rings. The maximum Gasteiger partial charge on any atom is 0.137 e. The van der Waals surface area contributed by atoms with Crippen LogP contribution in [-0.4, -0.2) is 41.3 Å². The summed E-state index contributed by atoms with van der Waals surface area (Å²) in [5.41, 5.74) is 1.02. The molecule has 0 aliphatic heterocycles. The predicted molar refractivity (Wildman–Crippen MR) is 75.3 cm³/mol. The lowest BCUT2D eigenvalue weighted by Crippen LogP contribution is -2.33. The van der Waals surface area contributed by atoms with Crippen LogP contribution in [0.4, 0.5) is 11.6 Å². The Balaban J connectivity index is 3.20. The summed E-state index contributed by atoms with van der Waals surface area (Å²) < 4.78 is 0. The molecule has 0 fully saturated rings. The van der Waals surface area contributed by atoms with E-state index >= 15 is 0 Å². The van der Waals surface area contributed by atoms with Gasteiger partial charge in [0.25, 0.3) is 0 Å². The van der Waals surface area contributed by atoms with Crippen molar-refractivity contribution in [3.63, 3.8) is 0 Å². The van der Waals surface area contributed by atoms with Gasteiger partial charge in [0.05, 0.1) is 12.6 Å². The molecule has 0 amide bonds. The van der Waals surface area contributed by atoms with Gasteiger partial charge in [-0.2, -0.15) is 0 Å². The van der Waals surface area contributed by atoms with Crippen LogP contribution in [0.15, 0.2) is 0 Å². The number of nitrogens with one attached hydrogen (secondary N) is 1. The van der Waals surface area contributed by atoms with E-state index in [1.807, 2.05) is 39.6 Å². The van der Waals surface area contributed by atoms with Crippen LogP contribution in [0, 0.1) is 6.92 Å². The second kappa shape index (κ2) is 6.54. The van der Waals surface area contributed by atoms with E-state index in [9.17, 15) is 5.11 Å². The average Bonchev–Trinajstić information content (AvgIpc) is 2.39. The highest BCUT2D eigenvalue weighted by Crippen LogP contribution is 2.24. The van der Waals surface area contributed by atoms with Gasteiger partial charge < -0.3 is 15.3 Å². The fraction of sp³-hybridized carbons (Fsp3) is 0.692. The van der Waals surface area contributed by atoms with E-state index in [2.05, 4.69) is 15.3 Å². The molecule has 1 aromatic rings. The second-order valence-corrected chi connectivity index (χ2v) is 4.46. The number of likely N-dealkylation sites (N-methyl/N-ethyl adjacent to an activating group) is 1. The Morgan fingerprint density at radius 3 is 2.50 bits per heavy atom. The SMILES string of the molecule is CCNc1nc(CC)nc(N(C)C(C)CO)c1C. The van der Waals surface area contributed by atoms with Gasteiger partial charge in [0, 0.05) is 25.6 Å².